The summed E-state index contributed by atoms with van der Waals surface area (Å²) in [5.41, 5.74) is 2.66. The van der Waals surface area contributed by atoms with Gasteiger partial charge in [-0.05, 0) is 25.1 Å². The lowest BCUT2D eigenvalue weighted by Gasteiger charge is -2.08. The first-order valence-corrected chi connectivity index (χ1v) is 8.72. The van der Waals surface area contributed by atoms with Gasteiger partial charge in [-0.2, -0.15) is 18.3 Å². The standard InChI is InChI=1S/C15H13BrF3N3O2S/c1-2-24-13(23)6-11-8-25-14(21-11)22-20-7-9-5-10(15(17,18)19)3-4-12(9)16/h3-5,7-8H,2,6H2,1H3,(H,21,22). The number of halogens is 4. The monoisotopic (exact) mass is 435 g/mol. The Morgan fingerprint density at radius 1 is 1.48 bits per heavy atom. The molecule has 1 heterocycles. The van der Waals surface area contributed by atoms with Gasteiger partial charge in [0.2, 0.25) is 5.13 Å². The number of hydrogen-bond donors (Lipinski definition) is 1. The lowest BCUT2D eigenvalue weighted by Crippen LogP contribution is -2.07. The van der Waals surface area contributed by atoms with Crippen molar-refractivity contribution in [1.29, 1.82) is 0 Å². The predicted octanol–water partition coefficient (Wildman–Crippen LogP) is 4.48. The maximum Gasteiger partial charge on any atom is 0.416 e. The van der Waals surface area contributed by atoms with Crippen LogP contribution in [0.2, 0.25) is 0 Å². The normalized spacial score (nSPS) is 11.7. The highest BCUT2D eigenvalue weighted by atomic mass is 79.9. The average Bonchev–Trinajstić information content (AvgIpc) is 2.95. The van der Waals surface area contributed by atoms with Gasteiger partial charge in [0, 0.05) is 15.4 Å². The fraction of sp³-hybridized carbons (Fsp3) is 0.267. The molecule has 2 rings (SSSR count). The Bertz CT molecular complexity index is 778. The Morgan fingerprint density at radius 2 is 2.24 bits per heavy atom. The number of anilines is 1. The zero-order chi connectivity index (χ0) is 18.4. The van der Waals surface area contributed by atoms with Gasteiger partial charge >= 0.3 is 12.1 Å². The number of esters is 1. The molecule has 0 aliphatic carbocycles. The summed E-state index contributed by atoms with van der Waals surface area (Å²) in [5, 5.41) is 5.98. The zero-order valence-corrected chi connectivity index (χ0v) is 15.3. The minimum absolute atomic E-state index is 0.0505. The number of carbonyl (C=O) groups excluding carboxylic acids is 1. The molecule has 0 bridgehead atoms. The van der Waals surface area contributed by atoms with Crippen molar-refractivity contribution < 1.29 is 22.7 Å². The van der Waals surface area contributed by atoms with Gasteiger partial charge in [-0.15, -0.1) is 11.3 Å². The Labute approximate surface area is 154 Å². The highest BCUT2D eigenvalue weighted by molar-refractivity contribution is 9.10. The summed E-state index contributed by atoms with van der Waals surface area (Å²) < 4.78 is 43.5. The van der Waals surface area contributed by atoms with Crippen LogP contribution in [0.3, 0.4) is 0 Å². The number of hydrazone groups is 1. The highest BCUT2D eigenvalue weighted by Crippen LogP contribution is 2.31. The smallest absolute Gasteiger partial charge is 0.416 e. The molecule has 1 aromatic heterocycles. The molecule has 0 unspecified atom stereocenters. The lowest BCUT2D eigenvalue weighted by atomic mass is 10.1. The van der Waals surface area contributed by atoms with Gasteiger partial charge in [-0.3, -0.25) is 10.2 Å². The first-order chi connectivity index (χ1) is 11.8. The van der Waals surface area contributed by atoms with Crippen LogP contribution in [-0.4, -0.2) is 23.8 Å². The molecule has 0 spiro atoms. The van der Waals surface area contributed by atoms with E-state index < -0.39 is 11.7 Å². The van der Waals surface area contributed by atoms with E-state index in [1.165, 1.54) is 23.6 Å². The molecule has 0 saturated carbocycles. The van der Waals surface area contributed by atoms with Crippen LogP contribution >= 0.6 is 27.3 Å². The van der Waals surface area contributed by atoms with Crippen molar-refractivity contribution in [3.8, 4) is 0 Å². The number of alkyl halides is 3. The van der Waals surface area contributed by atoms with Gasteiger partial charge < -0.3 is 4.74 Å². The molecular formula is C15H13BrF3N3O2S. The molecule has 0 aliphatic rings. The Balaban J connectivity index is 2.02. The molecule has 5 nitrogen and oxygen atoms in total. The molecule has 0 amide bonds. The number of aromatic nitrogens is 1. The van der Waals surface area contributed by atoms with E-state index in [2.05, 4.69) is 31.4 Å². The molecule has 25 heavy (non-hydrogen) atoms. The number of rotatable bonds is 6. The van der Waals surface area contributed by atoms with Gasteiger partial charge in [0.1, 0.15) is 0 Å². The van der Waals surface area contributed by atoms with Gasteiger partial charge in [0.05, 0.1) is 30.5 Å². The first-order valence-electron chi connectivity index (χ1n) is 7.05. The topological polar surface area (TPSA) is 63.6 Å². The van der Waals surface area contributed by atoms with Gasteiger partial charge in [-0.25, -0.2) is 4.98 Å². The Kier molecular flexibility index (Phi) is 6.54. The molecule has 0 saturated heterocycles. The molecule has 134 valence electrons. The van der Waals surface area contributed by atoms with Crippen LogP contribution in [0.5, 0.6) is 0 Å². The minimum atomic E-state index is -4.42. The number of thiazole rings is 1. The third kappa shape index (κ3) is 5.82. The van der Waals surface area contributed by atoms with Crippen molar-refractivity contribution in [3.05, 3.63) is 44.9 Å². The number of hydrogen-bond acceptors (Lipinski definition) is 6. The second kappa shape index (κ2) is 8.43. The molecule has 2 aromatic rings. The Hall–Kier alpha value is -1.94. The van der Waals surface area contributed by atoms with E-state index in [1.54, 1.807) is 12.3 Å². The van der Waals surface area contributed by atoms with E-state index >= 15 is 0 Å². The predicted molar refractivity (Wildman–Crippen MR) is 92.8 cm³/mol. The molecule has 0 radical (unpaired) electrons. The Morgan fingerprint density at radius 3 is 2.92 bits per heavy atom. The van der Waals surface area contributed by atoms with Gasteiger partial charge in [0.15, 0.2) is 0 Å². The zero-order valence-electron chi connectivity index (χ0n) is 12.9. The molecule has 1 N–H and O–H groups in total. The lowest BCUT2D eigenvalue weighted by molar-refractivity contribution is -0.142. The maximum atomic E-state index is 12.7. The molecule has 0 atom stereocenters. The summed E-state index contributed by atoms with van der Waals surface area (Å²) in [7, 11) is 0. The summed E-state index contributed by atoms with van der Waals surface area (Å²) in [5.74, 6) is -0.379. The third-order valence-corrected chi connectivity index (χ3v) is 4.39. The number of carbonyl (C=O) groups is 1. The van der Waals surface area contributed by atoms with Crippen molar-refractivity contribution in [1.82, 2.24) is 4.98 Å². The number of nitrogens with zero attached hydrogens (tertiary/aromatic N) is 2. The second-order valence-corrected chi connectivity index (χ2v) is 6.44. The van der Waals surface area contributed by atoms with E-state index in [0.29, 0.717) is 21.9 Å². The fourth-order valence-corrected chi connectivity index (χ4v) is 2.78. The summed E-state index contributed by atoms with van der Waals surface area (Å²) >= 11 is 4.40. The second-order valence-electron chi connectivity index (χ2n) is 4.73. The molecule has 0 fully saturated rings. The van der Waals surface area contributed by atoms with Crippen LogP contribution in [0.25, 0.3) is 0 Å². The summed E-state index contributed by atoms with van der Waals surface area (Å²) in [6, 6.07) is 3.28. The molecule has 0 aliphatic heterocycles. The van der Waals surface area contributed by atoms with Gasteiger partial charge in [-0.1, -0.05) is 15.9 Å². The third-order valence-electron chi connectivity index (χ3n) is 2.87. The molecular weight excluding hydrogens is 423 g/mol. The first kappa shape index (κ1) is 19.4. The van der Waals surface area contributed by atoms with Crippen LogP contribution in [0.15, 0.2) is 33.2 Å². The number of benzene rings is 1. The van der Waals surface area contributed by atoms with E-state index in [0.717, 1.165) is 12.1 Å². The summed E-state index contributed by atoms with van der Waals surface area (Å²) in [6.45, 7) is 2.01. The SMILES string of the molecule is CCOC(=O)Cc1csc(NN=Cc2cc(C(F)(F)F)ccc2Br)n1. The van der Waals surface area contributed by atoms with Crippen LogP contribution in [0.1, 0.15) is 23.7 Å². The average molecular weight is 436 g/mol. The minimum Gasteiger partial charge on any atom is -0.466 e. The fourth-order valence-electron chi connectivity index (χ4n) is 1.78. The highest BCUT2D eigenvalue weighted by Gasteiger charge is 2.30. The number of ether oxygens (including phenoxy) is 1. The van der Waals surface area contributed by atoms with Gasteiger partial charge in [0.25, 0.3) is 0 Å². The van der Waals surface area contributed by atoms with E-state index in [4.69, 9.17) is 4.74 Å². The summed E-state index contributed by atoms with van der Waals surface area (Å²) in [4.78, 5) is 15.5. The quantitative estimate of drug-likeness (QED) is 0.412. The van der Waals surface area contributed by atoms with Crippen molar-refractivity contribution in [2.24, 2.45) is 5.10 Å². The van der Waals surface area contributed by atoms with E-state index in [9.17, 15) is 18.0 Å². The van der Waals surface area contributed by atoms with Crippen molar-refractivity contribution in [2.45, 2.75) is 19.5 Å². The maximum absolute atomic E-state index is 12.7. The summed E-state index contributed by atoms with van der Waals surface area (Å²) in [6.07, 6.45) is -3.12. The van der Waals surface area contributed by atoms with Crippen LogP contribution in [-0.2, 0) is 22.1 Å². The van der Waals surface area contributed by atoms with Crippen molar-refractivity contribution in [3.63, 3.8) is 0 Å². The van der Waals surface area contributed by atoms with Crippen LogP contribution < -0.4 is 5.43 Å². The number of nitrogens with one attached hydrogen (secondary N) is 1. The molecule has 10 heteroatoms. The van der Waals surface area contributed by atoms with Crippen LogP contribution in [0.4, 0.5) is 18.3 Å². The van der Waals surface area contributed by atoms with E-state index in [1.807, 2.05) is 0 Å². The largest absolute Gasteiger partial charge is 0.466 e. The molecule has 1 aromatic carbocycles. The van der Waals surface area contributed by atoms with Crippen molar-refractivity contribution in [2.75, 3.05) is 12.0 Å². The van der Waals surface area contributed by atoms with E-state index in [-0.39, 0.29) is 18.0 Å². The van der Waals surface area contributed by atoms with Crippen molar-refractivity contribution >= 4 is 44.6 Å². The van der Waals surface area contributed by atoms with Crippen LogP contribution in [0, 0.1) is 0 Å².